The summed E-state index contributed by atoms with van der Waals surface area (Å²) in [6, 6.07) is 7.69. The highest BCUT2D eigenvalue weighted by molar-refractivity contribution is 6.30. The lowest BCUT2D eigenvalue weighted by Gasteiger charge is -2.24. The zero-order valence-electron chi connectivity index (χ0n) is 18.5. The molecular weight excluding hydrogens is 412 g/mol. The number of carbonyl (C=O) groups is 1. The van der Waals surface area contributed by atoms with Gasteiger partial charge in [-0.2, -0.15) is 0 Å². The molecule has 31 heavy (non-hydrogen) atoms. The van der Waals surface area contributed by atoms with Crippen molar-refractivity contribution in [3.05, 3.63) is 47.4 Å². The lowest BCUT2D eigenvalue weighted by atomic mass is 10.2. The minimum absolute atomic E-state index is 0.337. The van der Waals surface area contributed by atoms with Crippen LogP contribution >= 0.6 is 11.6 Å². The second kappa shape index (κ2) is 10.0. The van der Waals surface area contributed by atoms with E-state index in [4.69, 9.17) is 16.3 Å². The van der Waals surface area contributed by atoms with Crippen LogP contribution in [0, 0.1) is 17.8 Å². The summed E-state index contributed by atoms with van der Waals surface area (Å²) in [5, 5.41) is 0.680. The SMILES string of the molecule is CCCCn1cnc(OC(=O)N(Cc2cccc(Cl)c2)CC2C3CN(CCC)CC32)c1. The number of benzene rings is 1. The number of nitrogens with zero attached hydrogens (tertiary/aromatic N) is 4. The number of hydrogen-bond donors (Lipinski definition) is 0. The first kappa shape index (κ1) is 22.2. The molecule has 2 fully saturated rings. The number of rotatable bonds is 10. The number of ether oxygens (including phenoxy) is 1. The maximum absolute atomic E-state index is 13.1. The molecule has 1 amide bonds. The number of imidazole rings is 1. The molecule has 7 heteroatoms. The first-order valence-corrected chi connectivity index (χ1v) is 11.9. The van der Waals surface area contributed by atoms with Crippen molar-refractivity contribution in [3.8, 4) is 5.88 Å². The van der Waals surface area contributed by atoms with E-state index >= 15 is 0 Å². The standard InChI is InChI=1S/C24H33ClN4O2/c1-3-5-10-28-16-23(26-17-28)31-24(30)29(12-18-7-6-8-19(25)11-18)15-22-20-13-27(9-4-2)14-21(20)22/h6-8,11,16-17,20-22H,3-5,9-10,12-15H2,1-2H3. The minimum atomic E-state index is -0.337. The molecule has 1 aliphatic heterocycles. The van der Waals surface area contributed by atoms with Crippen molar-refractivity contribution in [1.29, 1.82) is 0 Å². The number of aromatic nitrogens is 2. The van der Waals surface area contributed by atoms with E-state index in [0.29, 0.717) is 35.2 Å². The monoisotopic (exact) mass is 444 g/mol. The van der Waals surface area contributed by atoms with E-state index in [9.17, 15) is 4.79 Å². The van der Waals surface area contributed by atoms with Crippen LogP contribution in [0.1, 0.15) is 38.7 Å². The van der Waals surface area contributed by atoms with Gasteiger partial charge < -0.3 is 19.1 Å². The van der Waals surface area contributed by atoms with Gasteiger partial charge in [0.2, 0.25) is 5.88 Å². The first-order chi connectivity index (χ1) is 15.1. The molecule has 0 radical (unpaired) electrons. The van der Waals surface area contributed by atoms with Crippen LogP contribution in [0.15, 0.2) is 36.8 Å². The van der Waals surface area contributed by atoms with E-state index in [1.807, 2.05) is 33.7 Å². The van der Waals surface area contributed by atoms with Crippen LogP contribution in [0.5, 0.6) is 5.88 Å². The van der Waals surface area contributed by atoms with Gasteiger partial charge in [-0.3, -0.25) is 0 Å². The third-order valence-corrected chi connectivity index (χ3v) is 6.75. The van der Waals surface area contributed by atoms with Gasteiger partial charge in [-0.25, -0.2) is 9.78 Å². The summed E-state index contributed by atoms with van der Waals surface area (Å²) >= 11 is 6.17. The predicted octanol–water partition coefficient (Wildman–Crippen LogP) is 4.93. The van der Waals surface area contributed by atoms with Crippen molar-refractivity contribution in [3.63, 3.8) is 0 Å². The Balaban J connectivity index is 1.40. The maximum atomic E-state index is 13.1. The molecule has 0 N–H and O–H groups in total. The molecule has 1 aromatic heterocycles. The smallest absolute Gasteiger partial charge is 0.389 e. The first-order valence-electron chi connectivity index (χ1n) is 11.5. The van der Waals surface area contributed by atoms with Gasteiger partial charge in [0, 0.05) is 37.7 Å². The second-order valence-corrected chi connectivity index (χ2v) is 9.37. The molecule has 2 aliphatic rings. The quantitative estimate of drug-likeness (QED) is 0.521. The van der Waals surface area contributed by atoms with Gasteiger partial charge in [-0.1, -0.05) is 44.0 Å². The number of piperidine rings is 1. The number of fused-ring (bicyclic) bond motifs is 1. The summed E-state index contributed by atoms with van der Waals surface area (Å²) in [6.45, 7) is 9.97. The van der Waals surface area contributed by atoms with Crippen molar-refractivity contribution in [2.45, 2.75) is 46.2 Å². The summed E-state index contributed by atoms with van der Waals surface area (Å²) in [5.41, 5.74) is 1.01. The average Bonchev–Trinajstić information content (AvgIpc) is 3.09. The molecule has 4 rings (SSSR count). The Morgan fingerprint density at radius 1 is 1.23 bits per heavy atom. The van der Waals surface area contributed by atoms with E-state index in [-0.39, 0.29) is 6.09 Å². The molecule has 1 saturated carbocycles. The molecule has 2 aromatic rings. The Morgan fingerprint density at radius 3 is 2.74 bits per heavy atom. The van der Waals surface area contributed by atoms with Crippen molar-refractivity contribution in [2.75, 3.05) is 26.2 Å². The van der Waals surface area contributed by atoms with Crippen LogP contribution in [-0.4, -0.2) is 51.6 Å². The fraction of sp³-hybridized carbons (Fsp3) is 0.583. The minimum Gasteiger partial charge on any atom is -0.389 e. The van der Waals surface area contributed by atoms with Gasteiger partial charge in [0.25, 0.3) is 0 Å². The number of unbranched alkanes of at least 4 members (excludes halogenated alkanes) is 1. The van der Waals surface area contributed by atoms with Gasteiger partial charge in [0.05, 0.1) is 12.5 Å². The molecule has 2 unspecified atom stereocenters. The van der Waals surface area contributed by atoms with Crippen LogP contribution < -0.4 is 4.74 Å². The Hall–Kier alpha value is -2.05. The lowest BCUT2D eigenvalue weighted by molar-refractivity contribution is 0.141. The average molecular weight is 445 g/mol. The molecule has 1 aliphatic carbocycles. The topological polar surface area (TPSA) is 50.6 Å². The molecule has 2 atom stereocenters. The van der Waals surface area contributed by atoms with Crippen LogP contribution in [0.4, 0.5) is 4.79 Å². The third-order valence-electron chi connectivity index (χ3n) is 6.51. The van der Waals surface area contributed by atoms with Gasteiger partial charge in [-0.15, -0.1) is 0 Å². The Kier molecular flexibility index (Phi) is 7.18. The second-order valence-electron chi connectivity index (χ2n) is 8.93. The van der Waals surface area contributed by atoms with E-state index in [2.05, 4.69) is 23.7 Å². The molecule has 0 spiro atoms. The number of aryl methyl sites for hydroxylation is 1. The van der Waals surface area contributed by atoms with Gasteiger partial charge >= 0.3 is 6.09 Å². The van der Waals surface area contributed by atoms with Crippen LogP contribution in [-0.2, 0) is 13.1 Å². The Morgan fingerprint density at radius 2 is 2.03 bits per heavy atom. The number of amides is 1. The molecule has 168 valence electrons. The van der Waals surface area contributed by atoms with Crippen LogP contribution in [0.25, 0.3) is 0 Å². The fourth-order valence-corrected chi connectivity index (χ4v) is 5.04. The third kappa shape index (κ3) is 5.60. The van der Waals surface area contributed by atoms with Gasteiger partial charge in [0.1, 0.15) is 0 Å². The van der Waals surface area contributed by atoms with Crippen molar-refractivity contribution in [1.82, 2.24) is 19.4 Å². The van der Waals surface area contributed by atoms with Crippen molar-refractivity contribution >= 4 is 17.7 Å². The summed E-state index contributed by atoms with van der Waals surface area (Å²) in [7, 11) is 0. The zero-order valence-corrected chi connectivity index (χ0v) is 19.3. The zero-order chi connectivity index (χ0) is 21.8. The molecule has 0 bridgehead atoms. The highest BCUT2D eigenvalue weighted by Crippen LogP contribution is 2.52. The highest BCUT2D eigenvalue weighted by atomic mass is 35.5. The fourth-order valence-electron chi connectivity index (χ4n) is 4.83. The number of halogens is 1. The summed E-state index contributed by atoms with van der Waals surface area (Å²) in [5.74, 6) is 2.33. The van der Waals surface area contributed by atoms with E-state index in [1.54, 1.807) is 12.5 Å². The summed E-state index contributed by atoms with van der Waals surface area (Å²) < 4.78 is 7.63. The van der Waals surface area contributed by atoms with Gasteiger partial charge in [-0.05, 0) is 54.8 Å². The number of carbonyl (C=O) groups excluding carboxylic acids is 1. The van der Waals surface area contributed by atoms with Crippen LogP contribution in [0.2, 0.25) is 5.02 Å². The van der Waals surface area contributed by atoms with E-state index in [1.165, 1.54) is 13.0 Å². The summed E-state index contributed by atoms with van der Waals surface area (Å²) in [4.78, 5) is 21.7. The normalized spacial score (nSPS) is 22.4. The molecule has 1 saturated heterocycles. The lowest BCUT2D eigenvalue weighted by Crippen LogP contribution is -2.37. The molecular formula is C24H33ClN4O2. The van der Waals surface area contributed by atoms with E-state index in [0.717, 1.165) is 44.6 Å². The summed E-state index contributed by atoms with van der Waals surface area (Å²) in [6.07, 6.45) is 6.58. The van der Waals surface area contributed by atoms with Crippen molar-refractivity contribution in [2.24, 2.45) is 17.8 Å². The molecule has 6 nitrogen and oxygen atoms in total. The number of hydrogen-bond acceptors (Lipinski definition) is 4. The largest absolute Gasteiger partial charge is 0.416 e. The van der Waals surface area contributed by atoms with Crippen LogP contribution in [0.3, 0.4) is 0 Å². The van der Waals surface area contributed by atoms with Crippen molar-refractivity contribution < 1.29 is 9.53 Å². The Bertz CT molecular complexity index is 874. The number of likely N-dealkylation sites (tertiary alicyclic amines) is 1. The maximum Gasteiger partial charge on any atom is 0.416 e. The van der Waals surface area contributed by atoms with Gasteiger partial charge in [0.15, 0.2) is 0 Å². The van der Waals surface area contributed by atoms with E-state index < -0.39 is 0 Å². The highest BCUT2D eigenvalue weighted by Gasteiger charge is 2.55. The Labute approximate surface area is 190 Å². The molecule has 1 aromatic carbocycles. The predicted molar refractivity (Wildman–Crippen MR) is 122 cm³/mol. The molecule has 2 heterocycles.